The van der Waals surface area contributed by atoms with Gasteiger partial charge in [-0.1, -0.05) is 30.3 Å². The molecule has 1 aliphatic carbocycles. The van der Waals surface area contributed by atoms with Gasteiger partial charge in [0.15, 0.2) is 5.82 Å². The molecule has 132 valence electrons. The second kappa shape index (κ2) is 7.07. The lowest BCUT2D eigenvalue weighted by atomic mass is 9.92. The number of nitrogens with one attached hydrogen (secondary N) is 1. The van der Waals surface area contributed by atoms with Gasteiger partial charge in [0.05, 0.1) is 11.7 Å². The molecule has 6 heteroatoms. The third kappa shape index (κ3) is 3.49. The molecule has 6 nitrogen and oxygen atoms in total. The quantitative estimate of drug-likeness (QED) is 0.788. The van der Waals surface area contributed by atoms with Crippen LogP contribution in [0.3, 0.4) is 0 Å². The van der Waals surface area contributed by atoms with Crippen molar-refractivity contribution in [2.75, 3.05) is 0 Å². The Labute approximate surface area is 152 Å². The van der Waals surface area contributed by atoms with E-state index in [1.54, 1.807) is 4.68 Å². The van der Waals surface area contributed by atoms with Crippen LogP contribution in [0.25, 0.3) is 11.4 Å². The molecule has 4 rings (SSSR count). The number of carbonyl (C=O) groups is 1. The number of hydrogen-bond donors (Lipinski definition) is 1. The van der Waals surface area contributed by atoms with Crippen molar-refractivity contribution in [3.05, 3.63) is 65.7 Å². The normalized spacial score (nSPS) is 16.1. The second-order valence-corrected chi connectivity index (χ2v) is 6.63. The fourth-order valence-electron chi connectivity index (χ4n) is 3.36. The topological polar surface area (TPSA) is 72.7 Å². The van der Waals surface area contributed by atoms with Crippen LogP contribution in [0.5, 0.6) is 0 Å². The molecule has 0 aliphatic heterocycles. The van der Waals surface area contributed by atoms with E-state index in [4.69, 9.17) is 4.98 Å². The molecule has 2 aromatic heterocycles. The Kier molecular flexibility index (Phi) is 4.48. The first-order chi connectivity index (χ1) is 12.7. The summed E-state index contributed by atoms with van der Waals surface area (Å²) in [5, 5.41) is 7.38. The molecular formula is C20H21N5O. The van der Waals surface area contributed by atoms with Gasteiger partial charge in [0.25, 0.3) is 0 Å². The molecule has 2 heterocycles. The summed E-state index contributed by atoms with van der Waals surface area (Å²) in [6, 6.07) is 11.8. The summed E-state index contributed by atoms with van der Waals surface area (Å²) in [6.45, 7) is 2.13. The number of amides is 1. The van der Waals surface area contributed by atoms with Crippen molar-refractivity contribution in [2.45, 2.75) is 38.8 Å². The van der Waals surface area contributed by atoms with E-state index in [0.29, 0.717) is 0 Å². The van der Waals surface area contributed by atoms with Crippen LogP contribution in [0.4, 0.5) is 0 Å². The highest BCUT2D eigenvalue weighted by atomic mass is 16.2. The number of hydrogen-bond acceptors (Lipinski definition) is 4. The molecule has 1 atom stereocenters. The third-order valence-electron chi connectivity index (χ3n) is 4.63. The van der Waals surface area contributed by atoms with E-state index in [-0.39, 0.29) is 18.5 Å². The van der Waals surface area contributed by atoms with E-state index in [2.05, 4.69) is 15.4 Å². The zero-order chi connectivity index (χ0) is 17.9. The standard InChI is InChI=1S/C20H21N5O/c1-14-10-11-25(24-14)13-19(26)22-17-8-5-9-18-16(17)12-21-20(23-18)15-6-3-2-4-7-15/h2-4,6-7,10-12,17H,5,8-9,13H2,1H3,(H,22,26)/t17-/m1/s1. The average molecular weight is 347 g/mol. The lowest BCUT2D eigenvalue weighted by Gasteiger charge is -2.25. The number of rotatable bonds is 4. The highest BCUT2D eigenvalue weighted by molar-refractivity contribution is 5.76. The maximum Gasteiger partial charge on any atom is 0.242 e. The first-order valence-corrected chi connectivity index (χ1v) is 8.90. The first-order valence-electron chi connectivity index (χ1n) is 8.90. The fraction of sp³-hybridized carbons (Fsp3) is 0.300. The number of carbonyl (C=O) groups excluding carboxylic acids is 1. The lowest BCUT2D eigenvalue weighted by Crippen LogP contribution is -2.34. The van der Waals surface area contributed by atoms with Crippen LogP contribution in [-0.4, -0.2) is 25.7 Å². The molecule has 1 aliphatic rings. The van der Waals surface area contributed by atoms with Crippen molar-refractivity contribution in [3.63, 3.8) is 0 Å². The van der Waals surface area contributed by atoms with Gasteiger partial charge in [-0.3, -0.25) is 9.48 Å². The van der Waals surface area contributed by atoms with Crippen LogP contribution >= 0.6 is 0 Å². The molecule has 0 unspecified atom stereocenters. The number of aromatic nitrogens is 4. The second-order valence-electron chi connectivity index (χ2n) is 6.63. The monoisotopic (exact) mass is 347 g/mol. The highest BCUT2D eigenvalue weighted by Crippen LogP contribution is 2.29. The van der Waals surface area contributed by atoms with E-state index >= 15 is 0 Å². The molecule has 1 amide bonds. The Bertz CT molecular complexity index is 919. The zero-order valence-electron chi connectivity index (χ0n) is 14.7. The van der Waals surface area contributed by atoms with Gasteiger partial charge in [0.2, 0.25) is 5.91 Å². The van der Waals surface area contributed by atoms with Crippen molar-refractivity contribution in [1.29, 1.82) is 0 Å². The minimum absolute atomic E-state index is 0.0345. The Morgan fingerprint density at radius 3 is 2.88 bits per heavy atom. The van der Waals surface area contributed by atoms with Crippen molar-refractivity contribution in [1.82, 2.24) is 25.1 Å². The molecule has 0 spiro atoms. The predicted octanol–water partition coefficient (Wildman–Crippen LogP) is 2.84. The van der Waals surface area contributed by atoms with E-state index in [9.17, 15) is 4.79 Å². The summed E-state index contributed by atoms with van der Waals surface area (Å²) in [6.07, 6.45) is 6.52. The van der Waals surface area contributed by atoms with E-state index in [1.165, 1.54) is 0 Å². The smallest absolute Gasteiger partial charge is 0.242 e. The van der Waals surface area contributed by atoms with Crippen molar-refractivity contribution in [2.24, 2.45) is 0 Å². The first kappa shape index (κ1) is 16.4. The molecule has 0 bridgehead atoms. The van der Waals surface area contributed by atoms with Crippen LogP contribution in [0, 0.1) is 6.92 Å². The van der Waals surface area contributed by atoms with Crippen molar-refractivity contribution >= 4 is 5.91 Å². The van der Waals surface area contributed by atoms with E-state index in [1.807, 2.05) is 55.7 Å². The maximum absolute atomic E-state index is 12.4. The van der Waals surface area contributed by atoms with Gasteiger partial charge in [-0.2, -0.15) is 5.10 Å². The van der Waals surface area contributed by atoms with Crippen LogP contribution in [0.2, 0.25) is 0 Å². The molecule has 0 fully saturated rings. The van der Waals surface area contributed by atoms with Gasteiger partial charge < -0.3 is 5.32 Å². The summed E-state index contributed by atoms with van der Waals surface area (Å²) in [7, 11) is 0. The van der Waals surface area contributed by atoms with Crippen LogP contribution < -0.4 is 5.32 Å². The van der Waals surface area contributed by atoms with Crippen molar-refractivity contribution < 1.29 is 4.79 Å². The Morgan fingerprint density at radius 1 is 1.27 bits per heavy atom. The van der Waals surface area contributed by atoms with Crippen molar-refractivity contribution in [3.8, 4) is 11.4 Å². The molecule has 0 saturated heterocycles. The lowest BCUT2D eigenvalue weighted by molar-refractivity contribution is -0.122. The Hall–Kier alpha value is -3.02. The molecule has 0 saturated carbocycles. The molecule has 1 N–H and O–H groups in total. The summed E-state index contributed by atoms with van der Waals surface area (Å²) in [5.41, 5.74) is 3.98. The fourth-order valence-corrected chi connectivity index (χ4v) is 3.36. The minimum Gasteiger partial charge on any atom is -0.348 e. The molecule has 3 aromatic rings. The number of fused-ring (bicyclic) bond motifs is 1. The number of aryl methyl sites for hydroxylation is 2. The average Bonchev–Trinajstić information content (AvgIpc) is 3.07. The Morgan fingerprint density at radius 2 is 2.12 bits per heavy atom. The minimum atomic E-state index is -0.0434. The van der Waals surface area contributed by atoms with Crippen LogP contribution in [0.1, 0.15) is 35.8 Å². The number of benzene rings is 1. The van der Waals surface area contributed by atoms with Gasteiger partial charge in [0.1, 0.15) is 6.54 Å². The predicted molar refractivity (Wildman–Crippen MR) is 98.3 cm³/mol. The summed E-state index contributed by atoms with van der Waals surface area (Å²) in [5.74, 6) is 0.696. The van der Waals surface area contributed by atoms with Gasteiger partial charge in [-0.15, -0.1) is 0 Å². The van der Waals surface area contributed by atoms with Crippen LogP contribution in [0.15, 0.2) is 48.8 Å². The van der Waals surface area contributed by atoms with Gasteiger partial charge in [-0.05, 0) is 32.3 Å². The number of nitrogens with zero attached hydrogens (tertiary/aromatic N) is 4. The van der Waals surface area contributed by atoms with E-state index < -0.39 is 0 Å². The SMILES string of the molecule is Cc1ccn(CC(=O)N[C@@H]2CCCc3nc(-c4ccccc4)ncc32)n1. The third-order valence-corrected chi connectivity index (χ3v) is 4.63. The molecule has 26 heavy (non-hydrogen) atoms. The Balaban J connectivity index is 1.51. The molecular weight excluding hydrogens is 326 g/mol. The maximum atomic E-state index is 12.4. The summed E-state index contributed by atoms with van der Waals surface area (Å²) in [4.78, 5) is 21.7. The highest BCUT2D eigenvalue weighted by Gasteiger charge is 2.24. The molecule has 0 radical (unpaired) electrons. The van der Waals surface area contributed by atoms with Gasteiger partial charge in [-0.25, -0.2) is 9.97 Å². The van der Waals surface area contributed by atoms with E-state index in [0.717, 1.165) is 47.6 Å². The van der Waals surface area contributed by atoms with Gasteiger partial charge in [0, 0.05) is 29.2 Å². The van der Waals surface area contributed by atoms with Gasteiger partial charge >= 0.3 is 0 Å². The molecule has 1 aromatic carbocycles. The summed E-state index contributed by atoms with van der Waals surface area (Å²) < 4.78 is 1.66. The van der Waals surface area contributed by atoms with Crippen LogP contribution in [-0.2, 0) is 17.8 Å². The summed E-state index contributed by atoms with van der Waals surface area (Å²) >= 11 is 0. The zero-order valence-corrected chi connectivity index (χ0v) is 14.7. The largest absolute Gasteiger partial charge is 0.348 e.